The minimum absolute atomic E-state index is 0.109. The lowest BCUT2D eigenvalue weighted by atomic mass is 10.1. The highest BCUT2D eigenvalue weighted by molar-refractivity contribution is 7.91. The van der Waals surface area contributed by atoms with Crippen molar-refractivity contribution < 1.29 is 17.6 Å². The number of carbonyl (C=O) groups excluding carboxylic acids is 1. The fourth-order valence-corrected chi connectivity index (χ4v) is 4.94. The van der Waals surface area contributed by atoms with E-state index >= 15 is 0 Å². The van der Waals surface area contributed by atoms with Gasteiger partial charge < -0.3 is 4.90 Å². The first-order chi connectivity index (χ1) is 11.9. The Morgan fingerprint density at radius 2 is 2.04 bits per heavy atom. The van der Waals surface area contributed by atoms with Gasteiger partial charge >= 0.3 is 0 Å². The Labute approximate surface area is 146 Å². The molecule has 0 radical (unpaired) electrons. The van der Waals surface area contributed by atoms with Crippen LogP contribution in [0.2, 0.25) is 0 Å². The van der Waals surface area contributed by atoms with Crippen molar-refractivity contribution in [2.45, 2.75) is 24.6 Å². The molecule has 2 atom stereocenters. The van der Waals surface area contributed by atoms with Gasteiger partial charge in [-0.05, 0) is 25.5 Å². The Hall–Kier alpha value is -2.22. The average Bonchev–Trinajstić information content (AvgIpc) is 3.07. The maximum atomic E-state index is 14.1. The zero-order valence-electron chi connectivity index (χ0n) is 13.9. The fourth-order valence-electron chi connectivity index (χ4n) is 3.14. The van der Waals surface area contributed by atoms with E-state index in [9.17, 15) is 17.6 Å². The Morgan fingerprint density at radius 3 is 2.72 bits per heavy atom. The molecule has 0 N–H and O–H groups in total. The summed E-state index contributed by atoms with van der Waals surface area (Å²) >= 11 is 0. The maximum absolute atomic E-state index is 14.1. The molecule has 1 aliphatic heterocycles. The lowest BCUT2D eigenvalue weighted by Crippen LogP contribution is -2.38. The van der Waals surface area contributed by atoms with E-state index in [-0.39, 0.29) is 36.7 Å². The number of hydrogen-bond donors (Lipinski definition) is 0. The molecule has 0 spiro atoms. The van der Waals surface area contributed by atoms with Crippen LogP contribution in [0.15, 0.2) is 42.7 Å². The predicted octanol–water partition coefficient (Wildman–Crippen LogP) is 1.97. The van der Waals surface area contributed by atoms with Crippen molar-refractivity contribution in [3.63, 3.8) is 0 Å². The highest BCUT2D eigenvalue weighted by atomic mass is 32.2. The van der Waals surface area contributed by atoms with Crippen LogP contribution in [-0.4, -0.2) is 47.8 Å². The largest absolute Gasteiger partial charge is 0.340 e. The summed E-state index contributed by atoms with van der Waals surface area (Å²) in [7, 11) is -3.54. The number of rotatable bonds is 3. The lowest BCUT2D eigenvalue weighted by molar-refractivity contribution is -0.134. The number of amides is 1. The molecular weight excluding hydrogens is 345 g/mol. The molecule has 0 saturated carbocycles. The van der Waals surface area contributed by atoms with E-state index in [4.69, 9.17) is 0 Å². The summed E-state index contributed by atoms with van der Waals surface area (Å²) in [5.74, 6) is -0.891. The van der Waals surface area contributed by atoms with Gasteiger partial charge in [0.25, 0.3) is 0 Å². The van der Waals surface area contributed by atoms with E-state index < -0.39 is 26.9 Å². The molecule has 1 saturated heterocycles. The summed E-state index contributed by atoms with van der Waals surface area (Å²) in [5, 5.41) is 3.14. The molecule has 1 aliphatic rings. The molecule has 3 rings (SSSR count). The van der Waals surface area contributed by atoms with Crippen LogP contribution in [0, 0.1) is 5.82 Å². The third-order valence-electron chi connectivity index (χ3n) is 4.58. The van der Waals surface area contributed by atoms with Gasteiger partial charge in [-0.15, -0.1) is 0 Å². The van der Waals surface area contributed by atoms with Crippen LogP contribution in [0.1, 0.15) is 30.2 Å². The monoisotopic (exact) mass is 365 g/mol. The van der Waals surface area contributed by atoms with Crippen LogP contribution in [0.4, 0.5) is 4.39 Å². The van der Waals surface area contributed by atoms with E-state index in [1.54, 1.807) is 31.5 Å². The van der Waals surface area contributed by atoms with Crippen molar-refractivity contribution in [3.05, 3.63) is 54.1 Å². The molecule has 2 unspecified atom stereocenters. The maximum Gasteiger partial charge on any atom is 0.247 e. The summed E-state index contributed by atoms with van der Waals surface area (Å²) in [6.07, 6.45) is 3.46. The molecule has 1 aromatic heterocycles. The van der Waals surface area contributed by atoms with Crippen molar-refractivity contribution in [2.75, 3.05) is 18.8 Å². The topological polar surface area (TPSA) is 72.3 Å². The second kappa shape index (κ2) is 6.95. The van der Waals surface area contributed by atoms with Crippen LogP contribution >= 0.6 is 0 Å². The van der Waals surface area contributed by atoms with Gasteiger partial charge in [-0.1, -0.05) is 18.2 Å². The predicted molar refractivity (Wildman–Crippen MR) is 91.1 cm³/mol. The normalized spacial score (nSPS) is 21.5. The second-order valence-corrected chi connectivity index (χ2v) is 8.46. The molecule has 8 heteroatoms. The van der Waals surface area contributed by atoms with E-state index in [1.165, 1.54) is 27.8 Å². The number of carbonyl (C=O) groups is 1. The van der Waals surface area contributed by atoms with Crippen molar-refractivity contribution in [2.24, 2.45) is 0 Å². The number of nitrogens with zero attached hydrogens (tertiary/aromatic N) is 3. The standard InChI is InChI=1S/C17H20FN3O3S/c1-13(21-9-4-8-19-21)17(22)20-10-7-16(25(23,24)12-11-20)14-5-2-3-6-15(14)18/h2-6,8-9,13,16H,7,10-12H2,1H3. The Balaban J connectivity index is 1.81. The zero-order valence-corrected chi connectivity index (χ0v) is 14.7. The van der Waals surface area contributed by atoms with Gasteiger partial charge in [0.05, 0.1) is 11.0 Å². The molecule has 0 aliphatic carbocycles. The molecule has 1 fully saturated rings. The first-order valence-electron chi connectivity index (χ1n) is 8.14. The van der Waals surface area contributed by atoms with Gasteiger partial charge in [0, 0.05) is 31.0 Å². The minimum Gasteiger partial charge on any atom is -0.340 e. The average molecular weight is 365 g/mol. The van der Waals surface area contributed by atoms with Gasteiger partial charge in [0.15, 0.2) is 9.84 Å². The summed E-state index contributed by atoms with van der Waals surface area (Å²) in [6, 6.07) is 7.14. The summed E-state index contributed by atoms with van der Waals surface area (Å²) in [4.78, 5) is 14.2. The smallest absolute Gasteiger partial charge is 0.247 e. The minimum atomic E-state index is -3.54. The van der Waals surface area contributed by atoms with Gasteiger partial charge in [0.2, 0.25) is 5.91 Å². The quantitative estimate of drug-likeness (QED) is 0.834. The van der Waals surface area contributed by atoms with Crippen LogP contribution < -0.4 is 0 Å². The van der Waals surface area contributed by atoms with Crippen molar-refractivity contribution in [3.8, 4) is 0 Å². The molecular formula is C17H20FN3O3S. The molecule has 0 bridgehead atoms. The van der Waals surface area contributed by atoms with Gasteiger partial charge in [0.1, 0.15) is 11.9 Å². The highest BCUT2D eigenvalue weighted by Crippen LogP contribution is 2.31. The summed E-state index contributed by atoms with van der Waals surface area (Å²) < 4.78 is 40.8. The highest BCUT2D eigenvalue weighted by Gasteiger charge is 2.35. The molecule has 6 nitrogen and oxygen atoms in total. The number of aromatic nitrogens is 2. The van der Waals surface area contributed by atoms with Gasteiger partial charge in [-0.25, -0.2) is 12.8 Å². The Morgan fingerprint density at radius 1 is 1.28 bits per heavy atom. The third kappa shape index (κ3) is 3.58. The first-order valence-corrected chi connectivity index (χ1v) is 9.85. The Kier molecular flexibility index (Phi) is 4.89. The summed E-state index contributed by atoms with van der Waals surface area (Å²) in [6.45, 7) is 2.10. The van der Waals surface area contributed by atoms with E-state index in [0.29, 0.717) is 0 Å². The summed E-state index contributed by atoms with van der Waals surface area (Å²) in [5.41, 5.74) is 0.178. The molecule has 2 aromatic rings. The third-order valence-corrected chi connectivity index (χ3v) is 6.69. The van der Waals surface area contributed by atoms with Gasteiger partial charge in [-0.2, -0.15) is 5.10 Å². The van der Waals surface area contributed by atoms with Gasteiger partial charge in [-0.3, -0.25) is 9.48 Å². The number of sulfone groups is 1. The van der Waals surface area contributed by atoms with Crippen molar-refractivity contribution in [1.82, 2.24) is 14.7 Å². The molecule has 1 amide bonds. The lowest BCUT2D eigenvalue weighted by Gasteiger charge is -2.24. The zero-order chi connectivity index (χ0) is 18.0. The van der Waals surface area contributed by atoms with Crippen LogP contribution in [-0.2, 0) is 14.6 Å². The van der Waals surface area contributed by atoms with Crippen molar-refractivity contribution in [1.29, 1.82) is 0 Å². The van der Waals surface area contributed by atoms with Crippen molar-refractivity contribution >= 4 is 15.7 Å². The van der Waals surface area contributed by atoms with Crippen LogP contribution in [0.25, 0.3) is 0 Å². The van der Waals surface area contributed by atoms with Crippen LogP contribution in [0.3, 0.4) is 0 Å². The number of benzene rings is 1. The first kappa shape index (κ1) is 17.6. The SMILES string of the molecule is CC(C(=O)N1CCC(c2ccccc2F)S(=O)(=O)CC1)n1cccn1. The fraction of sp³-hybridized carbons (Fsp3) is 0.412. The van der Waals surface area contributed by atoms with E-state index in [1.807, 2.05) is 0 Å². The van der Waals surface area contributed by atoms with Crippen LogP contribution in [0.5, 0.6) is 0 Å². The molecule has 134 valence electrons. The Bertz CT molecular complexity index is 852. The second-order valence-electron chi connectivity index (χ2n) is 6.15. The number of hydrogen-bond acceptors (Lipinski definition) is 4. The number of halogens is 1. The van der Waals surface area contributed by atoms with E-state index in [0.717, 1.165) is 0 Å². The van der Waals surface area contributed by atoms with E-state index in [2.05, 4.69) is 5.10 Å². The molecule has 1 aromatic carbocycles. The molecule has 25 heavy (non-hydrogen) atoms. The molecule has 2 heterocycles.